The molecule has 0 radical (unpaired) electrons. The maximum Gasteiger partial charge on any atom is 0.346 e. The van der Waals surface area contributed by atoms with Gasteiger partial charge in [-0.1, -0.05) is 17.7 Å². The van der Waals surface area contributed by atoms with Crippen molar-refractivity contribution in [2.75, 3.05) is 13.7 Å². The van der Waals surface area contributed by atoms with Crippen LogP contribution < -0.4 is 10.5 Å². The maximum atomic E-state index is 11.2. The van der Waals surface area contributed by atoms with Crippen LogP contribution in [0.3, 0.4) is 0 Å². The Bertz CT molecular complexity index is 395. The molecule has 0 aromatic heterocycles. The van der Waals surface area contributed by atoms with E-state index in [1.54, 1.807) is 19.1 Å². The SMILES string of the molecule is COC(=O)C(C)Oc1ccc(CCN)cc1Cl. The molecule has 0 saturated carbocycles. The van der Waals surface area contributed by atoms with Crippen molar-refractivity contribution in [3.63, 3.8) is 0 Å². The summed E-state index contributed by atoms with van der Waals surface area (Å²) < 4.78 is 9.96. The lowest BCUT2D eigenvalue weighted by molar-refractivity contribution is -0.147. The van der Waals surface area contributed by atoms with E-state index in [4.69, 9.17) is 22.1 Å². The van der Waals surface area contributed by atoms with Gasteiger partial charge in [-0.05, 0) is 37.6 Å². The molecule has 4 nitrogen and oxygen atoms in total. The minimum absolute atomic E-state index is 0.438. The third-order valence-electron chi connectivity index (χ3n) is 2.27. The predicted octanol–water partition coefficient (Wildman–Crippen LogP) is 1.78. The first kappa shape index (κ1) is 13.8. The third-order valence-corrected chi connectivity index (χ3v) is 2.56. The van der Waals surface area contributed by atoms with E-state index in [1.165, 1.54) is 7.11 Å². The monoisotopic (exact) mass is 257 g/mol. The second kappa shape index (κ2) is 6.47. The van der Waals surface area contributed by atoms with E-state index in [0.717, 1.165) is 12.0 Å². The number of halogens is 1. The highest BCUT2D eigenvalue weighted by Gasteiger charge is 2.16. The summed E-state index contributed by atoms with van der Waals surface area (Å²) in [5.74, 6) is 0.0254. The summed E-state index contributed by atoms with van der Waals surface area (Å²) in [6, 6.07) is 5.39. The molecule has 1 atom stereocenters. The standard InChI is InChI=1S/C12H16ClNO3/c1-8(12(15)16-2)17-11-4-3-9(5-6-14)7-10(11)13/h3-4,7-8H,5-6,14H2,1-2H3. The van der Waals surface area contributed by atoms with Gasteiger partial charge in [0.05, 0.1) is 12.1 Å². The number of nitrogens with two attached hydrogens (primary N) is 1. The Morgan fingerprint density at radius 2 is 2.24 bits per heavy atom. The lowest BCUT2D eigenvalue weighted by Crippen LogP contribution is -2.25. The van der Waals surface area contributed by atoms with Gasteiger partial charge in [0.15, 0.2) is 6.10 Å². The highest BCUT2D eigenvalue weighted by atomic mass is 35.5. The van der Waals surface area contributed by atoms with Crippen molar-refractivity contribution in [3.05, 3.63) is 28.8 Å². The van der Waals surface area contributed by atoms with Crippen LogP contribution in [0.25, 0.3) is 0 Å². The van der Waals surface area contributed by atoms with Gasteiger partial charge in [0.25, 0.3) is 0 Å². The summed E-state index contributed by atoms with van der Waals surface area (Å²) in [5, 5.41) is 0.465. The van der Waals surface area contributed by atoms with E-state index < -0.39 is 12.1 Å². The summed E-state index contributed by atoms with van der Waals surface area (Å²) in [6.45, 7) is 2.17. The van der Waals surface area contributed by atoms with Crippen LogP contribution in [0, 0.1) is 0 Å². The van der Waals surface area contributed by atoms with E-state index in [2.05, 4.69) is 4.74 Å². The number of methoxy groups -OCH3 is 1. The molecule has 0 aliphatic heterocycles. The number of carbonyl (C=O) groups excluding carboxylic acids is 1. The van der Waals surface area contributed by atoms with E-state index in [-0.39, 0.29) is 0 Å². The van der Waals surface area contributed by atoms with E-state index >= 15 is 0 Å². The molecule has 0 aliphatic rings. The van der Waals surface area contributed by atoms with Crippen LogP contribution >= 0.6 is 11.6 Å². The Morgan fingerprint density at radius 3 is 2.76 bits per heavy atom. The molecule has 0 aliphatic carbocycles. The first-order valence-corrected chi connectivity index (χ1v) is 5.69. The average Bonchev–Trinajstić information content (AvgIpc) is 2.31. The summed E-state index contributed by atoms with van der Waals surface area (Å²) in [4.78, 5) is 11.2. The molecule has 94 valence electrons. The quantitative estimate of drug-likeness (QED) is 0.817. The van der Waals surface area contributed by atoms with Crippen LogP contribution in [-0.2, 0) is 16.0 Å². The zero-order chi connectivity index (χ0) is 12.8. The molecular formula is C12H16ClNO3. The van der Waals surface area contributed by atoms with E-state index in [1.807, 2.05) is 6.07 Å². The molecule has 0 fully saturated rings. The number of hydrogen-bond donors (Lipinski definition) is 1. The van der Waals surface area contributed by atoms with Gasteiger partial charge in [-0.3, -0.25) is 0 Å². The molecular weight excluding hydrogens is 242 g/mol. The minimum Gasteiger partial charge on any atom is -0.477 e. The van der Waals surface area contributed by atoms with Crippen LogP contribution in [0.5, 0.6) is 5.75 Å². The number of hydrogen-bond acceptors (Lipinski definition) is 4. The van der Waals surface area contributed by atoms with Gasteiger partial charge in [-0.25, -0.2) is 4.79 Å². The fraction of sp³-hybridized carbons (Fsp3) is 0.417. The fourth-order valence-corrected chi connectivity index (χ4v) is 1.61. The topological polar surface area (TPSA) is 61.5 Å². The van der Waals surface area contributed by atoms with Crippen molar-refractivity contribution in [2.24, 2.45) is 5.73 Å². The molecule has 1 aromatic rings. The minimum atomic E-state index is -0.683. The number of esters is 1. The van der Waals surface area contributed by atoms with Gasteiger partial charge >= 0.3 is 5.97 Å². The zero-order valence-electron chi connectivity index (χ0n) is 9.90. The first-order chi connectivity index (χ1) is 8.08. The van der Waals surface area contributed by atoms with Crippen LogP contribution in [-0.4, -0.2) is 25.7 Å². The van der Waals surface area contributed by atoms with E-state index in [9.17, 15) is 4.79 Å². The largest absolute Gasteiger partial charge is 0.477 e. The molecule has 0 amide bonds. The van der Waals surface area contributed by atoms with Crippen molar-refractivity contribution in [1.82, 2.24) is 0 Å². The second-order valence-electron chi connectivity index (χ2n) is 3.59. The highest BCUT2D eigenvalue weighted by molar-refractivity contribution is 6.32. The average molecular weight is 258 g/mol. The Balaban J connectivity index is 2.75. The van der Waals surface area contributed by atoms with Crippen LogP contribution in [0.4, 0.5) is 0 Å². The Hall–Kier alpha value is -1.26. The van der Waals surface area contributed by atoms with Gasteiger partial charge < -0.3 is 15.2 Å². The molecule has 0 heterocycles. The molecule has 17 heavy (non-hydrogen) atoms. The Labute approximate surface area is 106 Å². The van der Waals surface area contributed by atoms with Crippen LogP contribution in [0.15, 0.2) is 18.2 Å². The lowest BCUT2D eigenvalue weighted by atomic mass is 10.1. The highest BCUT2D eigenvalue weighted by Crippen LogP contribution is 2.26. The van der Waals surface area contributed by atoms with Crippen LogP contribution in [0.1, 0.15) is 12.5 Å². The smallest absolute Gasteiger partial charge is 0.346 e. The normalized spacial score (nSPS) is 12.0. The number of carbonyl (C=O) groups is 1. The fourth-order valence-electron chi connectivity index (χ4n) is 1.37. The van der Waals surface area contributed by atoms with Gasteiger partial charge in [0.2, 0.25) is 0 Å². The van der Waals surface area contributed by atoms with Crippen molar-refractivity contribution < 1.29 is 14.3 Å². The van der Waals surface area contributed by atoms with Crippen molar-refractivity contribution in [3.8, 4) is 5.75 Å². The molecule has 1 rings (SSSR count). The molecule has 0 saturated heterocycles. The van der Waals surface area contributed by atoms with Crippen molar-refractivity contribution in [2.45, 2.75) is 19.4 Å². The maximum absolute atomic E-state index is 11.2. The van der Waals surface area contributed by atoms with Crippen molar-refractivity contribution >= 4 is 17.6 Å². The summed E-state index contributed by atoms with van der Waals surface area (Å²) >= 11 is 6.04. The molecule has 0 spiro atoms. The molecule has 0 bridgehead atoms. The first-order valence-electron chi connectivity index (χ1n) is 5.31. The molecule has 1 aromatic carbocycles. The Kier molecular flexibility index (Phi) is 5.25. The van der Waals surface area contributed by atoms with Crippen molar-refractivity contribution in [1.29, 1.82) is 0 Å². The zero-order valence-corrected chi connectivity index (χ0v) is 10.7. The predicted molar refractivity (Wildman–Crippen MR) is 66.3 cm³/mol. The second-order valence-corrected chi connectivity index (χ2v) is 3.99. The van der Waals surface area contributed by atoms with Gasteiger partial charge in [-0.15, -0.1) is 0 Å². The molecule has 5 heteroatoms. The lowest BCUT2D eigenvalue weighted by Gasteiger charge is -2.14. The summed E-state index contributed by atoms with van der Waals surface area (Å²) in [6.07, 6.45) is 0.0740. The molecule has 2 N–H and O–H groups in total. The Morgan fingerprint density at radius 1 is 1.53 bits per heavy atom. The number of ether oxygens (including phenoxy) is 2. The number of rotatable bonds is 5. The van der Waals surface area contributed by atoms with Gasteiger partial charge in [-0.2, -0.15) is 0 Å². The van der Waals surface area contributed by atoms with Crippen LogP contribution in [0.2, 0.25) is 5.02 Å². The third kappa shape index (κ3) is 3.91. The summed E-state index contributed by atoms with van der Waals surface area (Å²) in [7, 11) is 1.31. The van der Waals surface area contributed by atoms with Gasteiger partial charge in [0, 0.05) is 0 Å². The van der Waals surface area contributed by atoms with E-state index in [0.29, 0.717) is 17.3 Å². The molecule has 1 unspecified atom stereocenters. The number of benzene rings is 1. The van der Waals surface area contributed by atoms with Gasteiger partial charge in [0.1, 0.15) is 5.75 Å². The summed E-state index contributed by atoms with van der Waals surface area (Å²) in [5.41, 5.74) is 6.49.